The van der Waals surface area contributed by atoms with Crippen LogP contribution >= 0.6 is 28.7 Å². The molecule has 0 amide bonds. The molecule has 0 aliphatic carbocycles. The van der Waals surface area contributed by atoms with Crippen molar-refractivity contribution < 1.29 is 0 Å². The van der Waals surface area contributed by atoms with Crippen molar-refractivity contribution in [3.05, 3.63) is 108 Å². The van der Waals surface area contributed by atoms with Crippen molar-refractivity contribution in [1.82, 2.24) is 29.1 Å². The average Bonchev–Trinajstić information content (AvgIpc) is 3.55. The first kappa shape index (κ1) is 25.7. The number of aromatic nitrogens is 6. The van der Waals surface area contributed by atoms with Crippen LogP contribution in [0.3, 0.4) is 0 Å². The van der Waals surface area contributed by atoms with E-state index in [4.69, 9.17) is 0 Å². The zero-order valence-corrected chi connectivity index (χ0v) is 23.3. The summed E-state index contributed by atoms with van der Waals surface area (Å²) in [6, 6.07) is 24.1. The molecular formula is C28H20BBrN9S. The molecule has 0 atom stereocenters. The van der Waals surface area contributed by atoms with Crippen LogP contribution in [0.2, 0.25) is 0 Å². The Bertz CT molecular complexity index is 1770. The summed E-state index contributed by atoms with van der Waals surface area (Å²) in [7, 11) is 4.34. The van der Waals surface area contributed by atoms with Crippen LogP contribution in [0.25, 0.3) is 34.2 Å². The number of imidazole rings is 2. The molecule has 2 N–H and O–H groups in total. The molecular weight excluding hydrogens is 585 g/mol. The Kier molecular flexibility index (Phi) is 7.26. The van der Waals surface area contributed by atoms with E-state index >= 15 is 0 Å². The molecule has 12 heteroatoms. The minimum Gasteiger partial charge on any atom is -0.338 e. The van der Waals surface area contributed by atoms with E-state index in [2.05, 4.69) is 92.5 Å². The second-order valence-corrected chi connectivity index (χ2v) is 9.60. The molecule has 2 aliphatic heterocycles. The minimum absolute atomic E-state index is 0.826. The van der Waals surface area contributed by atoms with Gasteiger partial charge in [0.15, 0.2) is 11.6 Å². The van der Waals surface area contributed by atoms with Gasteiger partial charge in [-0.25, -0.2) is 19.9 Å². The van der Waals surface area contributed by atoms with Crippen molar-refractivity contribution in [2.45, 2.75) is 0 Å². The maximum absolute atomic E-state index is 4.50. The van der Waals surface area contributed by atoms with E-state index in [0.717, 1.165) is 61.8 Å². The monoisotopic (exact) mass is 604 g/mol. The minimum atomic E-state index is 0.826. The van der Waals surface area contributed by atoms with Gasteiger partial charge in [0.2, 0.25) is 0 Å². The number of nitrogens with zero attached hydrogens (tertiary/aromatic N) is 7. The van der Waals surface area contributed by atoms with Crippen molar-refractivity contribution in [3.63, 3.8) is 0 Å². The van der Waals surface area contributed by atoms with Gasteiger partial charge in [-0.3, -0.25) is 9.13 Å². The van der Waals surface area contributed by atoms with Crippen LogP contribution in [0.5, 0.6) is 0 Å². The van der Waals surface area contributed by atoms with Gasteiger partial charge < -0.3 is 10.6 Å². The van der Waals surface area contributed by atoms with Crippen LogP contribution in [-0.2, 0) is 0 Å². The fourth-order valence-electron chi connectivity index (χ4n) is 4.64. The Morgan fingerprint density at radius 2 is 1.27 bits per heavy atom. The summed E-state index contributed by atoms with van der Waals surface area (Å²) >= 11 is 6.74. The largest absolute Gasteiger partial charge is 0.338 e. The van der Waals surface area contributed by atoms with Gasteiger partial charge in [0.25, 0.3) is 0 Å². The van der Waals surface area contributed by atoms with Crippen molar-refractivity contribution >= 4 is 59.4 Å². The number of fused-ring (bicyclic) bond motifs is 10. The SMILES string of the molecule is Brc1cnc2n1-c1cccnc1Nc1ccccc1-2.[B]=NS.c1ccc2c(c1)Nc1ncccc1-n1ccnc1-2. The number of pyridine rings is 2. The molecule has 0 bridgehead atoms. The fraction of sp³-hybridized carbons (Fsp3) is 0. The van der Waals surface area contributed by atoms with E-state index in [1.807, 2.05) is 79.3 Å². The van der Waals surface area contributed by atoms with E-state index in [1.165, 1.54) is 0 Å². The average molecular weight is 605 g/mol. The fourth-order valence-corrected chi connectivity index (χ4v) is 5.10. The molecule has 4 aromatic heterocycles. The summed E-state index contributed by atoms with van der Waals surface area (Å²) in [6.07, 6.45) is 9.16. The number of nitrogens with one attached hydrogen (secondary N) is 2. The van der Waals surface area contributed by atoms with Crippen molar-refractivity contribution in [3.8, 4) is 34.2 Å². The molecule has 9 nitrogen and oxygen atoms in total. The van der Waals surface area contributed by atoms with Crippen LogP contribution in [0.15, 0.2) is 113 Å². The van der Waals surface area contributed by atoms with Gasteiger partial charge in [0, 0.05) is 35.9 Å². The molecule has 1 radical (unpaired) electrons. The van der Waals surface area contributed by atoms with Crippen LogP contribution in [0.1, 0.15) is 0 Å². The summed E-state index contributed by atoms with van der Waals surface area (Å²) in [5, 5.41) is 6.73. The van der Waals surface area contributed by atoms with E-state index in [-0.39, 0.29) is 0 Å². The molecule has 2 aromatic carbocycles. The number of hydrogen-bond donors (Lipinski definition) is 3. The molecule has 0 saturated carbocycles. The summed E-state index contributed by atoms with van der Waals surface area (Å²) in [4.78, 5) is 17.8. The zero-order valence-electron chi connectivity index (χ0n) is 20.8. The van der Waals surface area contributed by atoms with E-state index in [9.17, 15) is 0 Å². The maximum atomic E-state index is 4.50. The van der Waals surface area contributed by atoms with Crippen molar-refractivity contribution in [1.29, 1.82) is 0 Å². The Morgan fingerprint density at radius 3 is 1.95 bits per heavy atom. The van der Waals surface area contributed by atoms with Gasteiger partial charge in [-0.2, -0.15) is 0 Å². The van der Waals surface area contributed by atoms with Crippen LogP contribution in [0.4, 0.5) is 23.0 Å². The molecule has 2 aliphatic rings. The third-order valence-corrected chi connectivity index (χ3v) is 6.83. The smallest absolute Gasteiger partial charge is 0.154 e. The van der Waals surface area contributed by atoms with E-state index in [0.29, 0.717) is 0 Å². The molecule has 8 rings (SSSR count). The quantitative estimate of drug-likeness (QED) is 0.128. The van der Waals surface area contributed by atoms with Crippen molar-refractivity contribution in [2.24, 2.45) is 4.30 Å². The number of hydrogen-bond acceptors (Lipinski definition) is 8. The summed E-state index contributed by atoms with van der Waals surface area (Å²) < 4.78 is 7.72. The maximum Gasteiger partial charge on any atom is 0.154 e. The third-order valence-electron chi connectivity index (χ3n) is 6.27. The standard InChI is InChI=1S/C14H9BrN4.C14H10N4.BHNS/c15-12-8-17-14-9-4-1-2-5-10(9)18-13-11(19(12)14)6-3-7-16-13;1-2-5-11-10(4-1)14-16-8-9-18(14)12-6-3-7-15-13(12)17-11;1-2-3/h1-8H,(H,16,18);1-9H,(H,15,17);3H. The first-order chi connectivity index (χ1) is 19.7. The molecule has 0 fully saturated rings. The first-order valence-electron chi connectivity index (χ1n) is 12.1. The predicted molar refractivity (Wildman–Crippen MR) is 165 cm³/mol. The second-order valence-electron chi connectivity index (χ2n) is 8.56. The van der Waals surface area contributed by atoms with Gasteiger partial charge in [-0.15, -0.1) is 0 Å². The van der Waals surface area contributed by atoms with Gasteiger partial charge in [0.1, 0.15) is 16.3 Å². The molecule has 0 spiro atoms. The molecule has 193 valence electrons. The normalized spacial score (nSPS) is 11.2. The van der Waals surface area contributed by atoms with E-state index < -0.39 is 0 Å². The molecule has 0 unspecified atom stereocenters. The topological polar surface area (TPSA) is 97.8 Å². The molecule has 6 aromatic rings. The predicted octanol–water partition coefficient (Wildman–Crippen LogP) is 6.93. The van der Waals surface area contributed by atoms with Gasteiger partial charge >= 0.3 is 24.8 Å². The van der Waals surface area contributed by atoms with Crippen molar-refractivity contribution in [2.75, 3.05) is 10.6 Å². The molecule has 0 saturated heterocycles. The zero-order chi connectivity index (χ0) is 27.5. The molecule has 6 heterocycles. The number of halogens is 1. The van der Waals surface area contributed by atoms with E-state index in [1.54, 1.807) is 12.4 Å². The van der Waals surface area contributed by atoms with Crippen LogP contribution in [-0.4, -0.2) is 36.7 Å². The first-order valence-corrected chi connectivity index (χ1v) is 13.3. The number of para-hydroxylation sites is 2. The van der Waals surface area contributed by atoms with Gasteiger partial charge in [-0.05, 0) is 64.5 Å². The number of anilines is 4. The van der Waals surface area contributed by atoms with Crippen LogP contribution in [0, 0.1) is 0 Å². The Balaban J connectivity index is 0.000000132. The third kappa shape index (κ3) is 4.71. The number of thiol groups is 1. The summed E-state index contributed by atoms with van der Waals surface area (Å²) in [5.74, 6) is 3.51. The number of benzene rings is 2. The Hall–Kier alpha value is -4.55. The summed E-state index contributed by atoms with van der Waals surface area (Å²) in [6.45, 7) is 0. The number of rotatable bonds is 0. The summed E-state index contributed by atoms with van der Waals surface area (Å²) in [5.41, 5.74) is 6.19. The van der Waals surface area contributed by atoms with Crippen LogP contribution < -0.4 is 10.6 Å². The Labute approximate surface area is 245 Å². The molecule has 40 heavy (non-hydrogen) atoms. The van der Waals surface area contributed by atoms with Gasteiger partial charge in [0.05, 0.1) is 28.9 Å². The Morgan fingerprint density at radius 1 is 0.700 bits per heavy atom. The van der Waals surface area contributed by atoms with Gasteiger partial charge in [-0.1, -0.05) is 24.3 Å². The second kappa shape index (κ2) is 11.3.